The monoisotopic (exact) mass is 364 g/mol. The van der Waals surface area contributed by atoms with Crippen LogP contribution in [0.5, 0.6) is 0 Å². The van der Waals surface area contributed by atoms with Gasteiger partial charge in [-0.1, -0.05) is 52.0 Å². The predicted molar refractivity (Wildman–Crippen MR) is 100 cm³/mol. The van der Waals surface area contributed by atoms with E-state index < -0.39 is 17.9 Å². The minimum atomic E-state index is -0.979. The van der Waals surface area contributed by atoms with E-state index in [1.54, 1.807) is 6.08 Å². The summed E-state index contributed by atoms with van der Waals surface area (Å²) in [6.07, 6.45) is 10.6. The maximum absolute atomic E-state index is 10.8. The lowest BCUT2D eigenvalue weighted by Crippen LogP contribution is -2.60. The van der Waals surface area contributed by atoms with Crippen molar-refractivity contribution in [2.45, 2.75) is 65.1 Å². The topological polar surface area (TPSA) is 76.0 Å². The van der Waals surface area contributed by atoms with Gasteiger partial charge in [-0.15, -0.1) is 0 Å². The Balaban J connectivity index is 2.22. The molecule has 2 aliphatic rings. The maximum Gasteiger partial charge on any atom is 0.328 e. The van der Waals surface area contributed by atoms with Crippen LogP contribution in [0.25, 0.3) is 0 Å². The summed E-state index contributed by atoms with van der Waals surface area (Å²) in [5.41, 5.74) is 0. The molecule has 0 saturated carbocycles. The average molecular weight is 364 g/mol. The van der Waals surface area contributed by atoms with Gasteiger partial charge in [-0.2, -0.15) is 0 Å². The highest BCUT2D eigenvalue weighted by Crippen LogP contribution is 2.45. The molecule has 0 radical (unpaired) electrons. The molecule has 2 aliphatic heterocycles. The second kappa shape index (κ2) is 8.51. The maximum atomic E-state index is 10.8. The van der Waals surface area contributed by atoms with Crippen LogP contribution >= 0.6 is 0 Å². The number of aliphatic hydroxyl groups is 1. The van der Waals surface area contributed by atoms with E-state index in [4.69, 9.17) is 14.6 Å². The molecule has 0 amide bonds. The first kappa shape index (κ1) is 20.9. The molecule has 5 heteroatoms. The van der Waals surface area contributed by atoms with Crippen molar-refractivity contribution in [2.75, 3.05) is 0 Å². The van der Waals surface area contributed by atoms with Crippen LogP contribution in [0.4, 0.5) is 0 Å². The third-order valence-electron chi connectivity index (χ3n) is 5.83. The first-order valence-electron chi connectivity index (χ1n) is 9.52. The molecule has 2 N–H and O–H groups in total. The largest absolute Gasteiger partial charge is 0.478 e. The zero-order valence-electron chi connectivity index (χ0n) is 16.3. The van der Waals surface area contributed by atoms with E-state index >= 15 is 0 Å². The van der Waals surface area contributed by atoms with E-state index in [1.165, 1.54) is 6.08 Å². The SMILES string of the molecule is CC[C@H]1C=C[C@@]2(O[C@@H]([C@@H](C)/C=C/C=C/C(=O)O)[C@@H](C)[C@@H](O)[C@@H]2C)O[C@@H]1C. The number of rotatable bonds is 5. The quantitative estimate of drug-likeness (QED) is 0.443. The summed E-state index contributed by atoms with van der Waals surface area (Å²) in [6, 6.07) is 0. The molecule has 26 heavy (non-hydrogen) atoms. The number of aliphatic carboxylic acids is 1. The number of allylic oxidation sites excluding steroid dienone is 2. The van der Waals surface area contributed by atoms with Crippen molar-refractivity contribution in [3.8, 4) is 0 Å². The summed E-state index contributed by atoms with van der Waals surface area (Å²) in [5, 5.41) is 19.5. The Morgan fingerprint density at radius 3 is 2.54 bits per heavy atom. The Kier molecular flexibility index (Phi) is 6.83. The molecule has 8 atom stereocenters. The zero-order valence-corrected chi connectivity index (χ0v) is 16.3. The summed E-state index contributed by atoms with van der Waals surface area (Å²) in [4.78, 5) is 10.6. The molecule has 0 unspecified atom stereocenters. The van der Waals surface area contributed by atoms with Gasteiger partial charge in [0.15, 0.2) is 5.79 Å². The molecule has 2 rings (SSSR count). The number of carbonyl (C=O) groups is 1. The van der Waals surface area contributed by atoms with Crippen molar-refractivity contribution < 1.29 is 24.5 Å². The van der Waals surface area contributed by atoms with E-state index in [0.29, 0.717) is 5.92 Å². The normalized spacial score (nSPS) is 41.9. The van der Waals surface area contributed by atoms with E-state index in [2.05, 4.69) is 19.9 Å². The van der Waals surface area contributed by atoms with Crippen molar-refractivity contribution in [1.29, 1.82) is 0 Å². The highest BCUT2D eigenvalue weighted by atomic mass is 16.7. The van der Waals surface area contributed by atoms with Gasteiger partial charge in [0.05, 0.1) is 18.3 Å². The number of carboxylic acid groups (broad SMARTS) is 1. The van der Waals surface area contributed by atoms with Crippen LogP contribution in [0.2, 0.25) is 0 Å². The minimum Gasteiger partial charge on any atom is -0.478 e. The highest BCUT2D eigenvalue weighted by molar-refractivity contribution is 5.80. The van der Waals surface area contributed by atoms with Gasteiger partial charge >= 0.3 is 5.97 Å². The molecule has 0 aromatic heterocycles. The Bertz CT molecular complexity index is 581. The third kappa shape index (κ3) is 4.27. The Hall–Kier alpha value is -1.43. The van der Waals surface area contributed by atoms with Gasteiger partial charge in [-0.05, 0) is 19.4 Å². The van der Waals surface area contributed by atoms with E-state index in [1.807, 2.05) is 32.9 Å². The van der Waals surface area contributed by atoms with Crippen LogP contribution in [-0.2, 0) is 14.3 Å². The van der Waals surface area contributed by atoms with E-state index in [9.17, 15) is 9.90 Å². The minimum absolute atomic E-state index is 0.00123. The lowest BCUT2D eigenvalue weighted by molar-refractivity contribution is -0.334. The van der Waals surface area contributed by atoms with Crippen molar-refractivity contribution >= 4 is 5.97 Å². The molecule has 5 nitrogen and oxygen atoms in total. The van der Waals surface area contributed by atoms with Crippen molar-refractivity contribution in [3.05, 3.63) is 36.5 Å². The number of aliphatic hydroxyl groups excluding tert-OH is 1. The number of hydrogen-bond acceptors (Lipinski definition) is 4. The fraction of sp³-hybridized carbons (Fsp3) is 0.667. The van der Waals surface area contributed by atoms with Crippen molar-refractivity contribution in [3.63, 3.8) is 0 Å². The fourth-order valence-electron chi connectivity index (χ4n) is 4.01. The molecule has 0 aliphatic carbocycles. The van der Waals surface area contributed by atoms with Crippen LogP contribution in [0.15, 0.2) is 36.5 Å². The lowest BCUT2D eigenvalue weighted by atomic mass is 9.76. The Morgan fingerprint density at radius 1 is 1.27 bits per heavy atom. The van der Waals surface area contributed by atoms with Crippen LogP contribution in [-0.4, -0.2) is 40.3 Å². The highest BCUT2D eigenvalue weighted by Gasteiger charge is 2.53. The Morgan fingerprint density at radius 2 is 1.96 bits per heavy atom. The lowest BCUT2D eigenvalue weighted by Gasteiger charge is -2.53. The second-order valence-electron chi connectivity index (χ2n) is 7.64. The molecule has 2 heterocycles. The zero-order chi connectivity index (χ0) is 19.5. The van der Waals surface area contributed by atoms with Crippen LogP contribution in [0.3, 0.4) is 0 Å². The third-order valence-corrected chi connectivity index (χ3v) is 5.83. The predicted octanol–water partition coefficient (Wildman–Crippen LogP) is 3.55. The number of hydrogen-bond donors (Lipinski definition) is 2. The van der Waals surface area contributed by atoms with Gasteiger partial charge in [0, 0.05) is 29.7 Å². The second-order valence-corrected chi connectivity index (χ2v) is 7.64. The fourth-order valence-corrected chi connectivity index (χ4v) is 4.01. The van der Waals surface area contributed by atoms with Gasteiger partial charge in [-0.3, -0.25) is 0 Å². The van der Waals surface area contributed by atoms with Gasteiger partial charge in [0.2, 0.25) is 0 Å². The van der Waals surface area contributed by atoms with Crippen LogP contribution in [0.1, 0.15) is 41.0 Å². The van der Waals surface area contributed by atoms with Gasteiger partial charge in [-0.25, -0.2) is 4.79 Å². The number of carboxylic acids is 1. The molecule has 0 bridgehead atoms. The van der Waals surface area contributed by atoms with E-state index in [-0.39, 0.29) is 30.0 Å². The van der Waals surface area contributed by atoms with Crippen molar-refractivity contribution in [2.24, 2.45) is 23.7 Å². The summed E-state index contributed by atoms with van der Waals surface area (Å²) in [6.45, 7) is 10.1. The molecule has 1 saturated heterocycles. The molecule has 0 aromatic rings. The number of ether oxygens (including phenoxy) is 2. The summed E-state index contributed by atoms with van der Waals surface area (Å²) < 4.78 is 12.8. The summed E-state index contributed by atoms with van der Waals surface area (Å²) in [5.74, 6) is -1.78. The van der Waals surface area contributed by atoms with Gasteiger partial charge in [0.1, 0.15) is 0 Å². The average Bonchev–Trinajstić information content (AvgIpc) is 2.60. The standard InChI is InChI=1S/C21H32O5/c1-6-17-11-12-21(25-16(17)5)15(4)19(24)14(3)20(26-21)13(2)9-7-8-10-18(22)23/h7-17,19-20,24H,6H2,1-5H3,(H,22,23)/b9-7+,10-8+/t13-,14-,15-,16+,17-,19+,20-,21-/m0/s1. The van der Waals surface area contributed by atoms with E-state index in [0.717, 1.165) is 12.5 Å². The summed E-state index contributed by atoms with van der Waals surface area (Å²) >= 11 is 0. The van der Waals surface area contributed by atoms with Crippen molar-refractivity contribution in [1.82, 2.24) is 0 Å². The molecule has 0 aromatic carbocycles. The molecule has 1 fully saturated rings. The smallest absolute Gasteiger partial charge is 0.328 e. The first-order valence-corrected chi connectivity index (χ1v) is 9.52. The van der Waals surface area contributed by atoms with Gasteiger partial charge < -0.3 is 19.7 Å². The van der Waals surface area contributed by atoms with Crippen LogP contribution in [0, 0.1) is 23.7 Å². The molecular weight excluding hydrogens is 332 g/mol. The Labute approximate surface area is 156 Å². The van der Waals surface area contributed by atoms with Gasteiger partial charge in [0.25, 0.3) is 0 Å². The molecule has 146 valence electrons. The first-order chi connectivity index (χ1) is 12.2. The summed E-state index contributed by atoms with van der Waals surface area (Å²) in [7, 11) is 0. The molecule has 1 spiro atoms. The molecular formula is C21H32O5. The van der Waals surface area contributed by atoms with Crippen LogP contribution < -0.4 is 0 Å².